The smallest absolute Gasteiger partial charge is 0.312 e. The average molecular weight is 444 g/mol. The van der Waals surface area contributed by atoms with Gasteiger partial charge in [-0.3, -0.25) is 9.78 Å². The number of aromatic nitrogens is 3. The Bertz CT molecular complexity index is 1230. The summed E-state index contributed by atoms with van der Waals surface area (Å²) in [6.45, 7) is 3.35. The van der Waals surface area contributed by atoms with E-state index in [-0.39, 0.29) is 6.61 Å². The van der Waals surface area contributed by atoms with Gasteiger partial charge in [0.25, 0.3) is 0 Å². The minimum atomic E-state index is -0.953. The number of nitrogens with zero attached hydrogens (tertiary/aromatic N) is 2. The molecule has 168 valence electrons. The molecule has 0 aliphatic carbocycles. The van der Waals surface area contributed by atoms with Crippen LogP contribution in [0.4, 0.5) is 0 Å². The van der Waals surface area contributed by atoms with Crippen LogP contribution in [-0.4, -0.2) is 39.7 Å². The molecule has 2 aromatic carbocycles. The van der Waals surface area contributed by atoms with Gasteiger partial charge in [0, 0.05) is 22.9 Å². The van der Waals surface area contributed by atoms with E-state index in [0.29, 0.717) is 17.5 Å². The Morgan fingerprint density at radius 3 is 2.27 bits per heavy atom. The number of ether oxygens (including phenoxy) is 2. The van der Waals surface area contributed by atoms with E-state index in [4.69, 9.17) is 9.47 Å². The molecule has 0 unspecified atom stereocenters. The van der Waals surface area contributed by atoms with Gasteiger partial charge >= 0.3 is 5.97 Å². The first-order valence-corrected chi connectivity index (χ1v) is 10.5. The molecule has 0 fully saturated rings. The number of H-pyrrole nitrogens is 1. The monoisotopic (exact) mass is 443 g/mol. The van der Waals surface area contributed by atoms with Crippen LogP contribution in [0.15, 0.2) is 72.9 Å². The molecular weight excluding hydrogens is 418 g/mol. The highest BCUT2D eigenvalue weighted by atomic mass is 16.5. The fraction of sp³-hybridized carbons (Fsp3) is 0.192. The fourth-order valence-corrected chi connectivity index (χ4v) is 3.19. The Kier molecular flexibility index (Phi) is 6.13. The number of aromatic amines is 1. The third kappa shape index (κ3) is 4.87. The van der Waals surface area contributed by atoms with Gasteiger partial charge in [-0.15, -0.1) is 0 Å². The van der Waals surface area contributed by atoms with Crippen LogP contribution >= 0.6 is 0 Å². The molecule has 0 atom stereocenters. The highest BCUT2D eigenvalue weighted by Gasteiger charge is 2.28. The maximum atomic E-state index is 11.2. The van der Waals surface area contributed by atoms with Crippen molar-refractivity contribution in [1.29, 1.82) is 0 Å². The molecule has 2 heterocycles. The zero-order valence-corrected chi connectivity index (χ0v) is 18.7. The van der Waals surface area contributed by atoms with E-state index in [1.807, 2.05) is 66.7 Å². The van der Waals surface area contributed by atoms with Crippen LogP contribution in [0.2, 0.25) is 0 Å². The van der Waals surface area contributed by atoms with Crippen molar-refractivity contribution < 1.29 is 19.4 Å². The van der Waals surface area contributed by atoms with Gasteiger partial charge in [-0.1, -0.05) is 30.3 Å². The van der Waals surface area contributed by atoms with E-state index in [1.54, 1.807) is 27.2 Å². The van der Waals surface area contributed by atoms with Crippen molar-refractivity contribution in [2.45, 2.75) is 13.8 Å². The molecule has 0 spiro atoms. The number of carbonyl (C=O) groups is 1. The second kappa shape index (κ2) is 9.16. The molecule has 4 aromatic rings. The molecule has 2 N–H and O–H groups in total. The predicted octanol–water partition coefficient (Wildman–Crippen LogP) is 5.30. The molecular formula is C26H25N3O4. The first kappa shape index (κ1) is 22.1. The van der Waals surface area contributed by atoms with Gasteiger partial charge in [-0.05, 0) is 50.2 Å². The van der Waals surface area contributed by atoms with Crippen molar-refractivity contribution >= 4 is 5.97 Å². The summed E-state index contributed by atoms with van der Waals surface area (Å²) in [5, 5.41) is 9.20. The van der Waals surface area contributed by atoms with Gasteiger partial charge in [0.2, 0.25) is 5.88 Å². The number of pyridine rings is 1. The lowest BCUT2D eigenvalue weighted by atomic mass is 9.95. The van der Waals surface area contributed by atoms with Gasteiger partial charge in [0.05, 0.1) is 18.2 Å². The molecule has 0 saturated heterocycles. The van der Waals surface area contributed by atoms with E-state index in [2.05, 4.69) is 15.0 Å². The number of hydrogen-bond acceptors (Lipinski definition) is 5. The van der Waals surface area contributed by atoms with Crippen LogP contribution in [0, 0.1) is 5.41 Å². The van der Waals surface area contributed by atoms with Crippen LogP contribution in [-0.2, 0) is 4.79 Å². The molecule has 4 rings (SSSR count). The first-order valence-electron chi connectivity index (χ1n) is 10.5. The van der Waals surface area contributed by atoms with E-state index >= 15 is 0 Å². The van der Waals surface area contributed by atoms with Crippen molar-refractivity contribution in [3.8, 4) is 45.5 Å². The van der Waals surface area contributed by atoms with Crippen LogP contribution in [0.25, 0.3) is 33.9 Å². The number of carboxylic acid groups (broad SMARTS) is 1. The maximum Gasteiger partial charge on any atom is 0.312 e. The lowest BCUT2D eigenvalue weighted by Gasteiger charge is -2.19. The van der Waals surface area contributed by atoms with Crippen molar-refractivity contribution in [2.75, 3.05) is 13.7 Å². The summed E-state index contributed by atoms with van der Waals surface area (Å²) in [6, 6.07) is 21.2. The number of methoxy groups -OCH3 is 1. The number of carboxylic acids is 1. The summed E-state index contributed by atoms with van der Waals surface area (Å²) in [6.07, 6.45) is 1.77. The second-order valence-corrected chi connectivity index (χ2v) is 8.27. The Morgan fingerprint density at radius 1 is 0.970 bits per heavy atom. The summed E-state index contributed by atoms with van der Waals surface area (Å²) >= 11 is 0. The molecule has 2 aromatic heterocycles. The predicted molar refractivity (Wildman–Crippen MR) is 126 cm³/mol. The molecule has 0 aliphatic rings. The topological polar surface area (TPSA) is 97.3 Å². The zero-order valence-electron chi connectivity index (χ0n) is 18.7. The van der Waals surface area contributed by atoms with Gasteiger partial charge in [0.1, 0.15) is 23.9 Å². The van der Waals surface area contributed by atoms with Gasteiger partial charge in [-0.2, -0.15) is 4.98 Å². The SMILES string of the molecule is COc1nc(-c2ccc(-c3ccc(OCC(C)(C)C(=O)O)cc3)nc2)[nH]c1-c1ccccc1. The van der Waals surface area contributed by atoms with E-state index in [9.17, 15) is 9.90 Å². The summed E-state index contributed by atoms with van der Waals surface area (Å²) < 4.78 is 11.1. The third-order valence-electron chi connectivity index (χ3n) is 5.29. The Labute approximate surface area is 192 Å². The van der Waals surface area contributed by atoms with Crippen molar-refractivity contribution in [2.24, 2.45) is 5.41 Å². The number of imidazole rings is 1. The highest BCUT2D eigenvalue weighted by molar-refractivity contribution is 5.74. The van der Waals surface area contributed by atoms with Crippen LogP contribution < -0.4 is 9.47 Å². The summed E-state index contributed by atoms with van der Waals surface area (Å²) in [7, 11) is 1.60. The van der Waals surface area contributed by atoms with Crippen LogP contribution in [0.3, 0.4) is 0 Å². The number of aliphatic carboxylic acids is 1. The summed E-state index contributed by atoms with van der Waals surface area (Å²) in [5.41, 5.74) is 3.43. The van der Waals surface area contributed by atoms with E-state index in [1.165, 1.54) is 0 Å². The normalized spacial score (nSPS) is 11.2. The summed E-state index contributed by atoms with van der Waals surface area (Å²) in [4.78, 5) is 23.7. The number of hydrogen-bond donors (Lipinski definition) is 2. The second-order valence-electron chi connectivity index (χ2n) is 8.27. The summed E-state index contributed by atoms with van der Waals surface area (Å²) in [5.74, 6) is 0.922. The van der Waals surface area contributed by atoms with Gasteiger partial charge in [-0.25, -0.2) is 0 Å². The van der Waals surface area contributed by atoms with Crippen LogP contribution in [0.1, 0.15) is 13.8 Å². The molecule has 7 nitrogen and oxygen atoms in total. The zero-order chi connectivity index (χ0) is 23.4. The van der Waals surface area contributed by atoms with Crippen molar-refractivity contribution in [1.82, 2.24) is 15.0 Å². The lowest BCUT2D eigenvalue weighted by molar-refractivity contribution is -0.148. The molecule has 7 heteroatoms. The molecule has 0 aliphatic heterocycles. The van der Waals surface area contributed by atoms with E-state index < -0.39 is 11.4 Å². The van der Waals surface area contributed by atoms with Crippen molar-refractivity contribution in [3.05, 3.63) is 72.9 Å². The Balaban J connectivity index is 1.50. The third-order valence-corrected chi connectivity index (χ3v) is 5.29. The van der Waals surface area contributed by atoms with Crippen molar-refractivity contribution in [3.63, 3.8) is 0 Å². The fourth-order valence-electron chi connectivity index (χ4n) is 3.19. The minimum Gasteiger partial charge on any atom is -0.492 e. The van der Waals surface area contributed by atoms with Gasteiger partial charge < -0.3 is 19.6 Å². The lowest BCUT2D eigenvalue weighted by Crippen LogP contribution is -2.30. The highest BCUT2D eigenvalue weighted by Crippen LogP contribution is 2.31. The average Bonchev–Trinajstić information content (AvgIpc) is 3.28. The molecule has 33 heavy (non-hydrogen) atoms. The Morgan fingerprint density at radius 2 is 1.67 bits per heavy atom. The van der Waals surface area contributed by atoms with E-state index in [0.717, 1.165) is 28.1 Å². The quantitative estimate of drug-likeness (QED) is 0.383. The number of rotatable bonds is 8. The standard InChI is InChI=1S/C26H25N3O4/c1-26(2,25(30)31)16-33-20-12-9-17(10-13-20)21-14-11-19(15-27-21)23-28-22(24(29-23)32-3)18-7-5-4-6-8-18/h4-15H,16H2,1-3H3,(H,28,29)(H,30,31). The minimum absolute atomic E-state index is 0.0895. The van der Waals surface area contributed by atoms with Crippen LogP contribution in [0.5, 0.6) is 11.6 Å². The Hall–Kier alpha value is -4.13. The largest absolute Gasteiger partial charge is 0.492 e. The first-order chi connectivity index (χ1) is 15.9. The number of nitrogens with one attached hydrogen (secondary N) is 1. The number of benzene rings is 2. The molecule has 0 saturated carbocycles. The maximum absolute atomic E-state index is 11.2. The molecule has 0 bridgehead atoms. The molecule has 0 radical (unpaired) electrons. The molecule has 0 amide bonds. The van der Waals surface area contributed by atoms with Gasteiger partial charge in [0.15, 0.2) is 0 Å².